The van der Waals surface area contributed by atoms with Crippen LogP contribution in [0, 0.1) is 0 Å². The Balaban J connectivity index is 0.00000442. The molecule has 2 N–H and O–H groups in total. The fourth-order valence-electron chi connectivity index (χ4n) is 5.00. The van der Waals surface area contributed by atoms with E-state index in [1.807, 2.05) is 6.08 Å². The van der Waals surface area contributed by atoms with E-state index >= 15 is 0 Å². The number of phenolic OH excluding ortho intramolecular Hbond substituents is 1. The van der Waals surface area contributed by atoms with E-state index in [1.165, 1.54) is 48.5 Å². The van der Waals surface area contributed by atoms with Crippen LogP contribution in [0.3, 0.4) is 0 Å². The average molecular weight is 636 g/mol. The lowest BCUT2D eigenvalue weighted by molar-refractivity contribution is -0.139. The summed E-state index contributed by atoms with van der Waals surface area (Å²) in [5.74, 6) is -0.695. The van der Waals surface area contributed by atoms with E-state index < -0.39 is 23.5 Å². The normalized spacial score (nSPS) is 13.5. The lowest BCUT2D eigenvalue weighted by atomic mass is 9.89. The summed E-state index contributed by atoms with van der Waals surface area (Å²) in [6.07, 6.45) is -6.65. The summed E-state index contributed by atoms with van der Waals surface area (Å²) in [4.78, 5) is 0. The van der Waals surface area contributed by atoms with Gasteiger partial charge >= 0.3 is 12.4 Å². The number of aromatic hydroxyl groups is 1. The second-order valence-corrected chi connectivity index (χ2v) is 9.97. The van der Waals surface area contributed by atoms with Crippen LogP contribution in [0.4, 0.5) is 26.3 Å². The van der Waals surface area contributed by atoms with Crippen LogP contribution in [0.5, 0.6) is 17.2 Å². The number of ether oxygens (including phenoxy) is 2. The second-order valence-electron chi connectivity index (χ2n) is 9.97. The molecule has 5 rings (SSSR count). The van der Waals surface area contributed by atoms with Crippen molar-refractivity contribution in [1.29, 1.82) is 0 Å². The highest BCUT2D eigenvalue weighted by Crippen LogP contribution is 2.39. The standard InChI is InChI=1S/C33H27F6NO3.ClH/c34-32(35,36)28-8-1-3-10-30(28)42-19-23-18-27(22-6-5-7-25(41)16-22)24(17-26(23)21-12-14-40-15-13-21)20-43-31-11-4-2-9-29(31)33(37,38)39;/h1-12,16-18,40-41H,13-15,19-20H2;1H. The molecule has 1 heterocycles. The van der Waals surface area contributed by atoms with Gasteiger partial charge in [0, 0.05) is 6.54 Å². The molecular weight excluding hydrogens is 608 g/mol. The van der Waals surface area contributed by atoms with Crippen molar-refractivity contribution in [2.45, 2.75) is 32.0 Å². The van der Waals surface area contributed by atoms with Gasteiger partial charge in [-0.2, -0.15) is 26.3 Å². The number of para-hydroxylation sites is 2. The van der Waals surface area contributed by atoms with Crippen LogP contribution in [0.1, 0.15) is 34.2 Å². The summed E-state index contributed by atoms with van der Waals surface area (Å²) in [5.41, 5.74) is 1.97. The first-order valence-corrected chi connectivity index (χ1v) is 13.4. The van der Waals surface area contributed by atoms with E-state index in [0.29, 0.717) is 47.3 Å². The highest BCUT2D eigenvalue weighted by molar-refractivity contribution is 5.85. The van der Waals surface area contributed by atoms with E-state index in [-0.39, 0.29) is 42.9 Å². The van der Waals surface area contributed by atoms with Gasteiger partial charge in [0.15, 0.2) is 0 Å². The Bertz CT molecular complexity index is 1630. The molecule has 0 unspecified atom stereocenters. The van der Waals surface area contributed by atoms with Crippen molar-refractivity contribution in [3.05, 3.63) is 119 Å². The summed E-state index contributed by atoms with van der Waals surface area (Å²) < 4.78 is 93.3. The Kier molecular flexibility index (Phi) is 10.2. The molecule has 232 valence electrons. The first-order valence-electron chi connectivity index (χ1n) is 13.4. The highest BCUT2D eigenvalue weighted by atomic mass is 35.5. The third-order valence-electron chi connectivity index (χ3n) is 7.05. The number of halogens is 7. The topological polar surface area (TPSA) is 50.7 Å². The van der Waals surface area contributed by atoms with Gasteiger partial charge in [-0.1, -0.05) is 42.5 Å². The molecule has 0 fully saturated rings. The Hall–Kier alpha value is -4.15. The van der Waals surface area contributed by atoms with Gasteiger partial charge in [0.1, 0.15) is 30.5 Å². The van der Waals surface area contributed by atoms with E-state index in [2.05, 4.69) is 5.32 Å². The molecule has 0 saturated carbocycles. The number of rotatable bonds is 8. The number of nitrogens with one attached hydrogen (secondary N) is 1. The van der Waals surface area contributed by atoms with Crippen LogP contribution >= 0.6 is 12.4 Å². The number of benzene rings is 4. The molecule has 0 aliphatic carbocycles. The van der Waals surface area contributed by atoms with Gasteiger partial charge in [-0.3, -0.25) is 0 Å². The fourth-order valence-corrected chi connectivity index (χ4v) is 5.00. The second kappa shape index (κ2) is 13.7. The van der Waals surface area contributed by atoms with Gasteiger partial charge in [-0.25, -0.2) is 0 Å². The van der Waals surface area contributed by atoms with Crippen molar-refractivity contribution in [3.63, 3.8) is 0 Å². The number of phenols is 1. The quantitative estimate of drug-likeness (QED) is 0.190. The number of hydrogen-bond acceptors (Lipinski definition) is 4. The lowest BCUT2D eigenvalue weighted by Crippen LogP contribution is -2.20. The molecule has 4 aromatic rings. The molecule has 1 aliphatic rings. The molecule has 0 bridgehead atoms. The Labute approximate surface area is 256 Å². The third-order valence-corrected chi connectivity index (χ3v) is 7.05. The lowest BCUT2D eigenvalue weighted by Gasteiger charge is -2.22. The SMILES string of the molecule is Cl.Oc1cccc(-c2cc(COc3ccccc3C(F)(F)F)c(C3=CCNCC3)cc2COc2ccccc2C(F)(F)F)c1. The van der Waals surface area contributed by atoms with Crippen molar-refractivity contribution in [3.8, 4) is 28.4 Å². The zero-order valence-corrected chi connectivity index (χ0v) is 24.0. The fraction of sp³-hybridized carbons (Fsp3) is 0.212. The molecule has 0 saturated heterocycles. The van der Waals surface area contributed by atoms with Gasteiger partial charge in [0.25, 0.3) is 0 Å². The smallest absolute Gasteiger partial charge is 0.419 e. The van der Waals surface area contributed by atoms with Gasteiger partial charge in [0.2, 0.25) is 0 Å². The maximum absolute atomic E-state index is 13.6. The number of hydrogen-bond donors (Lipinski definition) is 2. The minimum absolute atomic E-state index is 0. The van der Waals surface area contributed by atoms with Crippen LogP contribution in [0.2, 0.25) is 0 Å². The summed E-state index contributed by atoms with van der Waals surface area (Å²) >= 11 is 0. The van der Waals surface area contributed by atoms with Gasteiger partial charge in [-0.05, 0) is 94.9 Å². The summed E-state index contributed by atoms with van der Waals surface area (Å²) in [6.45, 7) is 0.791. The van der Waals surface area contributed by atoms with E-state index in [9.17, 15) is 31.4 Å². The summed E-state index contributed by atoms with van der Waals surface area (Å²) in [5, 5.41) is 13.4. The summed E-state index contributed by atoms with van der Waals surface area (Å²) in [7, 11) is 0. The molecule has 0 aromatic heterocycles. The van der Waals surface area contributed by atoms with Crippen molar-refractivity contribution < 1.29 is 40.9 Å². The van der Waals surface area contributed by atoms with Crippen LogP contribution in [-0.2, 0) is 25.6 Å². The largest absolute Gasteiger partial charge is 0.508 e. The van der Waals surface area contributed by atoms with Crippen LogP contribution in [0.25, 0.3) is 16.7 Å². The average Bonchev–Trinajstić information content (AvgIpc) is 2.98. The van der Waals surface area contributed by atoms with Crippen molar-refractivity contribution >= 4 is 18.0 Å². The van der Waals surface area contributed by atoms with Gasteiger partial charge < -0.3 is 19.9 Å². The zero-order valence-electron chi connectivity index (χ0n) is 23.1. The predicted octanol–water partition coefficient (Wildman–Crippen LogP) is 9.05. The van der Waals surface area contributed by atoms with Crippen LogP contribution < -0.4 is 14.8 Å². The first-order chi connectivity index (χ1) is 20.5. The van der Waals surface area contributed by atoms with E-state index in [1.54, 1.807) is 24.3 Å². The maximum atomic E-state index is 13.6. The highest BCUT2D eigenvalue weighted by Gasteiger charge is 2.35. The Morgan fingerprint density at radius 1 is 0.682 bits per heavy atom. The zero-order chi connectivity index (χ0) is 30.6. The predicted molar refractivity (Wildman–Crippen MR) is 158 cm³/mol. The monoisotopic (exact) mass is 635 g/mol. The Morgan fingerprint density at radius 2 is 1.23 bits per heavy atom. The molecular formula is C33H28ClF6NO3. The molecule has 4 nitrogen and oxygen atoms in total. The van der Waals surface area contributed by atoms with Gasteiger partial charge in [-0.15, -0.1) is 12.4 Å². The van der Waals surface area contributed by atoms with E-state index in [4.69, 9.17) is 9.47 Å². The first kappa shape index (κ1) is 32.8. The third kappa shape index (κ3) is 7.67. The van der Waals surface area contributed by atoms with Crippen molar-refractivity contribution in [1.82, 2.24) is 5.32 Å². The van der Waals surface area contributed by atoms with Crippen molar-refractivity contribution in [2.75, 3.05) is 13.1 Å². The minimum Gasteiger partial charge on any atom is -0.508 e. The van der Waals surface area contributed by atoms with Crippen LogP contribution in [-0.4, -0.2) is 18.2 Å². The molecule has 4 aromatic carbocycles. The maximum Gasteiger partial charge on any atom is 0.419 e. The molecule has 0 amide bonds. The van der Waals surface area contributed by atoms with Gasteiger partial charge in [0.05, 0.1) is 11.1 Å². The molecule has 0 radical (unpaired) electrons. The number of alkyl halides is 6. The molecule has 11 heteroatoms. The Morgan fingerprint density at radius 3 is 1.75 bits per heavy atom. The van der Waals surface area contributed by atoms with Crippen LogP contribution in [0.15, 0.2) is 91.0 Å². The molecule has 1 aliphatic heterocycles. The molecule has 0 spiro atoms. The molecule has 0 atom stereocenters. The minimum atomic E-state index is -4.62. The van der Waals surface area contributed by atoms with Crippen molar-refractivity contribution in [2.24, 2.45) is 0 Å². The van der Waals surface area contributed by atoms with E-state index in [0.717, 1.165) is 17.7 Å². The summed E-state index contributed by atoms with van der Waals surface area (Å²) in [6, 6.07) is 19.7. The molecule has 44 heavy (non-hydrogen) atoms.